The first-order chi connectivity index (χ1) is 12.5. The van der Waals surface area contributed by atoms with Crippen molar-refractivity contribution in [2.45, 2.75) is 13.0 Å². The number of nitrogens with zero attached hydrogens (tertiary/aromatic N) is 3. The van der Waals surface area contributed by atoms with Crippen molar-refractivity contribution in [1.29, 1.82) is 0 Å². The first kappa shape index (κ1) is 17.5. The van der Waals surface area contributed by atoms with Crippen molar-refractivity contribution < 1.29 is 10.0 Å². The van der Waals surface area contributed by atoms with Gasteiger partial charge in [0.25, 0.3) is 5.69 Å². The normalized spacial score (nSPS) is 11.8. The van der Waals surface area contributed by atoms with Gasteiger partial charge in [-0.3, -0.25) is 10.1 Å². The maximum atomic E-state index is 10.7. The minimum atomic E-state index is -0.811. The van der Waals surface area contributed by atoms with Gasteiger partial charge < -0.3 is 10.4 Å². The van der Waals surface area contributed by atoms with Gasteiger partial charge in [0.05, 0.1) is 16.7 Å². The van der Waals surface area contributed by atoms with Crippen LogP contribution in [0.5, 0.6) is 0 Å². The molecule has 1 heterocycles. The zero-order chi connectivity index (χ0) is 18.5. The summed E-state index contributed by atoms with van der Waals surface area (Å²) in [6.07, 6.45) is 0.657. The summed E-state index contributed by atoms with van der Waals surface area (Å²) in [6, 6.07) is 15.7. The number of aromatic nitrogens is 2. The van der Waals surface area contributed by atoms with Crippen LogP contribution in [0.2, 0.25) is 0 Å². The molecular weight excluding hydrogens is 332 g/mol. The molecule has 0 radical (unpaired) electrons. The molecule has 2 N–H and O–H groups in total. The van der Waals surface area contributed by atoms with Crippen molar-refractivity contribution in [1.82, 2.24) is 9.97 Å². The summed E-state index contributed by atoms with van der Waals surface area (Å²) in [5, 5.41) is 24.0. The summed E-state index contributed by atoms with van der Waals surface area (Å²) in [5.74, 6) is 0.594. The average Bonchev–Trinajstić information content (AvgIpc) is 2.67. The van der Waals surface area contributed by atoms with Gasteiger partial charge in [0.1, 0.15) is 12.1 Å². The second-order valence-electron chi connectivity index (χ2n) is 5.90. The maximum absolute atomic E-state index is 10.7. The van der Waals surface area contributed by atoms with E-state index in [4.69, 9.17) is 0 Å². The summed E-state index contributed by atoms with van der Waals surface area (Å²) in [7, 11) is 0. The number of hydrogen-bond donors (Lipinski definition) is 2. The minimum Gasteiger partial charge on any atom is -0.387 e. The average molecular weight is 350 g/mol. The Balaban J connectivity index is 1.66. The molecule has 1 unspecified atom stereocenters. The molecule has 0 aliphatic carbocycles. The van der Waals surface area contributed by atoms with Crippen molar-refractivity contribution in [2.75, 3.05) is 11.9 Å². The molecule has 1 atom stereocenters. The summed E-state index contributed by atoms with van der Waals surface area (Å²) < 4.78 is 0. The number of rotatable bonds is 6. The Labute approximate surface area is 150 Å². The van der Waals surface area contributed by atoms with Crippen LogP contribution in [0, 0.1) is 17.0 Å². The highest BCUT2D eigenvalue weighted by Crippen LogP contribution is 2.21. The molecule has 26 heavy (non-hydrogen) atoms. The van der Waals surface area contributed by atoms with Crippen molar-refractivity contribution in [3.05, 3.63) is 82.2 Å². The van der Waals surface area contributed by atoms with Gasteiger partial charge in [0.15, 0.2) is 0 Å². The van der Waals surface area contributed by atoms with Crippen LogP contribution >= 0.6 is 0 Å². The first-order valence-electron chi connectivity index (χ1n) is 8.08. The highest BCUT2D eigenvalue weighted by Gasteiger charge is 2.11. The van der Waals surface area contributed by atoms with Crippen LogP contribution in [0.4, 0.5) is 11.5 Å². The number of nitrogens with one attached hydrogen (secondary N) is 1. The molecule has 0 saturated carbocycles. The molecule has 2 aromatic carbocycles. The lowest BCUT2D eigenvalue weighted by atomic mass is 10.1. The number of aryl methyl sites for hydroxylation is 1. The predicted molar refractivity (Wildman–Crippen MR) is 98.8 cm³/mol. The summed E-state index contributed by atoms with van der Waals surface area (Å²) in [5.41, 5.74) is 3.53. The highest BCUT2D eigenvalue weighted by atomic mass is 16.6. The van der Waals surface area contributed by atoms with Crippen molar-refractivity contribution in [3.63, 3.8) is 0 Å². The van der Waals surface area contributed by atoms with Crippen LogP contribution in [0.15, 0.2) is 60.9 Å². The van der Waals surface area contributed by atoms with Crippen molar-refractivity contribution in [3.8, 4) is 11.3 Å². The lowest BCUT2D eigenvalue weighted by molar-refractivity contribution is -0.384. The zero-order valence-corrected chi connectivity index (χ0v) is 14.2. The summed E-state index contributed by atoms with van der Waals surface area (Å²) in [4.78, 5) is 18.6. The number of anilines is 1. The molecule has 3 rings (SSSR count). The van der Waals surface area contributed by atoms with Crippen LogP contribution in [0.3, 0.4) is 0 Å². The molecule has 0 aliphatic rings. The smallest absolute Gasteiger partial charge is 0.269 e. The predicted octanol–water partition coefficient (Wildman–Crippen LogP) is 3.51. The van der Waals surface area contributed by atoms with E-state index in [9.17, 15) is 15.2 Å². The van der Waals surface area contributed by atoms with E-state index >= 15 is 0 Å². The maximum Gasteiger partial charge on any atom is 0.269 e. The Hall–Kier alpha value is -3.32. The lowest BCUT2D eigenvalue weighted by Crippen LogP contribution is -2.13. The number of nitro benzene ring substituents is 1. The Bertz CT molecular complexity index is 895. The monoisotopic (exact) mass is 350 g/mol. The molecule has 3 aromatic rings. The second kappa shape index (κ2) is 7.71. The highest BCUT2D eigenvalue weighted by molar-refractivity contribution is 5.62. The number of hydrogen-bond acceptors (Lipinski definition) is 6. The van der Waals surface area contributed by atoms with Gasteiger partial charge in [-0.15, -0.1) is 0 Å². The quantitative estimate of drug-likeness (QED) is 0.521. The van der Waals surface area contributed by atoms with Crippen LogP contribution in [0.25, 0.3) is 11.3 Å². The lowest BCUT2D eigenvalue weighted by Gasteiger charge is -2.13. The third kappa shape index (κ3) is 4.20. The van der Waals surface area contributed by atoms with E-state index < -0.39 is 11.0 Å². The molecule has 7 nitrogen and oxygen atoms in total. The van der Waals surface area contributed by atoms with Crippen LogP contribution in [0.1, 0.15) is 17.2 Å². The SMILES string of the molecule is Cc1ccc(-c2cc(NCC(O)c3ccc([N+](=O)[O-])cc3)ncn2)cc1. The fourth-order valence-electron chi connectivity index (χ4n) is 2.47. The van der Waals surface area contributed by atoms with E-state index in [1.807, 2.05) is 37.3 Å². The molecule has 0 amide bonds. The summed E-state index contributed by atoms with van der Waals surface area (Å²) in [6.45, 7) is 2.25. The third-order valence-corrected chi connectivity index (χ3v) is 3.98. The van der Waals surface area contributed by atoms with Gasteiger partial charge in [-0.1, -0.05) is 29.8 Å². The van der Waals surface area contributed by atoms with Gasteiger partial charge in [0.2, 0.25) is 0 Å². The molecule has 0 aliphatic heterocycles. The largest absolute Gasteiger partial charge is 0.387 e. The minimum absolute atomic E-state index is 0.00699. The number of benzene rings is 2. The number of non-ortho nitro benzene ring substituents is 1. The van der Waals surface area contributed by atoms with Gasteiger partial charge in [-0.2, -0.15) is 0 Å². The van der Waals surface area contributed by atoms with E-state index in [0.717, 1.165) is 11.3 Å². The van der Waals surface area contributed by atoms with E-state index in [-0.39, 0.29) is 12.2 Å². The Morgan fingerprint density at radius 3 is 2.46 bits per heavy atom. The number of aliphatic hydroxyl groups excluding tert-OH is 1. The van der Waals surface area contributed by atoms with Crippen LogP contribution in [-0.2, 0) is 0 Å². The van der Waals surface area contributed by atoms with E-state index in [0.29, 0.717) is 11.4 Å². The van der Waals surface area contributed by atoms with Crippen LogP contribution < -0.4 is 5.32 Å². The standard InChI is InChI=1S/C19H18N4O3/c1-13-2-4-14(5-3-13)17-10-19(22-12-21-17)20-11-18(24)15-6-8-16(9-7-15)23(25)26/h2-10,12,18,24H,11H2,1H3,(H,20,21,22). The van der Waals surface area contributed by atoms with Crippen LogP contribution in [-0.4, -0.2) is 26.5 Å². The number of aliphatic hydroxyl groups is 1. The van der Waals surface area contributed by atoms with Gasteiger partial charge in [0, 0.05) is 30.3 Å². The second-order valence-corrected chi connectivity index (χ2v) is 5.90. The Morgan fingerprint density at radius 1 is 1.12 bits per heavy atom. The van der Waals surface area contributed by atoms with E-state index in [1.165, 1.54) is 24.0 Å². The fourth-order valence-corrected chi connectivity index (χ4v) is 2.47. The third-order valence-electron chi connectivity index (χ3n) is 3.98. The molecule has 0 bridgehead atoms. The van der Waals surface area contributed by atoms with Gasteiger partial charge in [-0.05, 0) is 24.6 Å². The molecule has 7 heteroatoms. The topological polar surface area (TPSA) is 101 Å². The van der Waals surface area contributed by atoms with E-state index in [2.05, 4.69) is 15.3 Å². The molecule has 0 saturated heterocycles. The first-order valence-corrected chi connectivity index (χ1v) is 8.08. The number of nitro groups is 1. The Morgan fingerprint density at radius 2 is 1.81 bits per heavy atom. The van der Waals surface area contributed by atoms with E-state index in [1.54, 1.807) is 12.1 Å². The fraction of sp³-hybridized carbons (Fsp3) is 0.158. The Kier molecular flexibility index (Phi) is 5.19. The molecule has 1 aromatic heterocycles. The van der Waals surface area contributed by atoms with Crippen molar-refractivity contribution >= 4 is 11.5 Å². The van der Waals surface area contributed by atoms with Crippen molar-refractivity contribution in [2.24, 2.45) is 0 Å². The van der Waals surface area contributed by atoms with Gasteiger partial charge in [-0.25, -0.2) is 9.97 Å². The molecular formula is C19H18N4O3. The summed E-state index contributed by atoms with van der Waals surface area (Å²) >= 11 is 0. The molecule has 132 valence electrons. The van der Waals surface area contributed by atoms with Gasteiger partial charge >= 0.3 is 0 Å². The molecule has 0 fully saturated rings. The molecule has 0 spiro atoms. The zero-order valence-electron chi connectivity index (χ0n) is 14.2.